The molecule has 0 spiro atoms. The second kappa shape index (κ2) is 17.8. The minimum absolute atomic E-state index is 0.0683. The summed E-state index contributed by atoms with van der Waals surface area (Å²) in [6.45, 7) is 13.7. The first-order valence-corrected chi connectivity index (χ1v) is 26.0. The number of hydrogen-bond donors (Lipinski definition) is 5. The van der Waals surface area contributed by atoms with Gasteiger partial charge in [-0.15, -0.1) is 11.3 Å². The number of fused-ring (bicyclic) bond motifs is 3. The molecule has 2 aliphatic heterocycles. The molecule has 0 radical (unpaired) electrons. The molecule has 8 rings (SSSR count). The maximum atomic E-state index is 14.1. The van der Waals surface area contributed by atoms with Gasteiger partial charge in [0.05, 0.1) is 50.2 Å². The lowest BCUT2D eigenvalue weighted by atomic mass is 9.95. The standard InChI is InChI=1S/C47H58N8O5SSi/c1-27(2)37(49-41(57)24-56)23-54-18-8-10-38(54)45-50-35-17-14-31-20-29(12-15-32(31)43(35)52-45)30-13-16-33(34(21-30)40-11-9-19-61-40)36-22-48-44(51-36)39-25-62(6,7)26-55(39)46(58)42(28(3)4)53-47(59)60-5/h9,11-17,19-22,27-28,37-39,42,56H,8,10,18,23-26H2,1-7H3,(H,48,51)(H,49,57)(H,50,52)(H,53,59)/t37-,38+,39+,42+/m1/s1. The van der Waals surface area contributed by atoms with Crippen LogP contribution in [0.4, 0.5) is 4.79 Å². The van der Waals surface area contributed by atoms with E-state index in [0.29, 0.717) is 12.7 Å². The van der Waals surface area contributed by atoms with Crippen LogP contribution in [0.3, 0.4) is 0 Å². The molecular formula is C47H58N8O5SSi. The summed E-state index contributed by atoms with van der Waals surface area (Å²) in [6.07, 6.45) is 3.98. The highest BCUT2D eigenvalue weighted by molar-refractivity contribution is 7.13. The van der Waals surface area contributed by atoms with Crippen molar-refractivity contribution in [3.8, 4) is 32.8 Å². The van der Waals surface area contributed by atoms with Crippen LogP contribution in [0.5, 0.6) is 0 Å². The van der Waals surface area contributed by atoms with Crippen molar-refractivity contribution in [3.05, 3.63) is 83.9 Å². The summed E-state index contributed by atoms with van der Waals surface area (Å²) in [7, 11) is -0.481. The van der Waals surface area contributed by atoms with Crippen molar-refractivity contribution < 1.29 is 24.2 Å². The number of aliphatic hydroxyl groups excluding tert-OH is 1. The molecular weight excluding hydrogens is 817 g/mol. The molecule has 0 unspecified atom stereocenters. The van der Waals surface area contributed by atoms with Crippen molar-refractivity contribution in [1.82, 2.24) is 40.4 Å². The number of likely N-dealkylation sites (tertiary alicyclic amines) is 1. The van der Waals surface area contributed by atoms with E-state index in [4.69, 9.17) is 14.7 Å². The number of imidazole rings is 2. The van der Waals surface area contributed by atoms with E-state index in [1.54, 1.807) is 11.3 Å². The van der Waals surface area contributed by atoms with Crippen molar-refractivity contribution >= 4 is 59.1 Å². The van der Waals surface area contributed by atoms with E-state index in [2.05, 4.69) is 118 Å². The average molecular weight is 875 g/mol. The molecule has 0 bridgehead atoms. The molecule has 2 fully saturated rings. The predicted molar refractivity (Wildman–Crippen MR) is 248 cm³/mol. The molecule has 326 valence electrons. The number of nitrogens with one attached hydrogen (secondary N) is 4. The number of carbonyl (C=O) groups excluding carboxylic acids is 3. The lowest BCUT2D eigenvalue weighted by Crippen LogP contribution is -2.52. The van der Waals surface area contributed by atoms with E-state index in [1.807, 2.05) is 24.9 Å². The van der Waals surface area contributed by atoms with E-state index >= 15 is 0 Å². The third-order valence-electron chi connectivity index (χ3n) is 12.6. The lowest BCUT2D eigenvalue weighted by molar-refractivity contribution is -0.135. The van der Waals surface area contributed by atoms with E-state index < -0.39 is 26.8 Å². The summed E-state index contributed by atoms with van der Waals surface area (Å²) in [6, 6.07) is 21.6. The minimum Gasteiger partial charge on any atom is -0.453 e. The highest BCUT2D eigenvalue weighted by atomic mass is 32.1. The number of thiophene rings is 1. The quantitative estimate of drug-likeness (QED) is 0.0723. The van der Waals surface area contributed by atoms with Gasteiger partial charge < -0.3 is 35.3 Å². The molecule has 0 saturated carbocycles. The van der Waals surface area contributed by atoms with Crippen LogP contribution in [-0.2, 0) is 14.3 Å². The Balaban J connectivity index is 1.07. The summed E-state index contributed by atoms with van der Waals surface area (Å²) in [4.78, 5) is 61.2. The van der Waals surface area contributed by atoms with Gasteiger partial charge >= 0.3 is 6.09 Å². The predicted octanol–water partition coefficient (Wildman–Crippen LogP) is 8.28. The molecule has 13 nitrogen and oxygen atoms in total. The van der Waals surface area contributed by atoms with Crippen LogP contribution in [0.15, 0.2) is 72.2 Å². The van der Waals surface area contributed by atoms with Gasteiger partial charge in [0.1, 0.15) is 24.3 Å². The van der Waals surface area contributed by atoms with Gasteiger partial charge in [0, 0.05) is 40.1 Å². The van der Waals surface area contributed by atoms with Gasteiger partial charge in [-0.3, -0.25) is 14.5 Å². The van der Waals surface area contributed by atoms with Crippen LogP contribution in [0.25, 0.3) is 54.6 Å². The first-order chi connectivity index (χ1) is 29.7. The van der Waals surface area contributed by atoms with Gasteiger partial charge in [-0.05, 0) is 83.4 Å². The summed E-state index contributed by atoms with van der Waals surface area (Å²) < 4.78 is 4.86. The molecule has 5 heterocycles. The lowest BCUT2D eigenvalue weighted by Gasteiger charge is -2.30. The third-order valence-corrected chi connectivity index (χ3v) is 16.2. The zero-order valence-corrected chi connectivity index (χ0v) is 38.4. The Morgan fingerprint density at radius 1 is 0.952 bits per heavy atom. The Bertz CT molecular complexity index is 2590. The van der Waals surface area contributed by atoms with Crippen LogP contribution < -0.4 is 10.6 Å². The van der Waals surface area contributed by atoms with Gasteiger partial charge in [0.2, 0.25) is 11.8 Å². The van der Waals surface area contributed by atoms with E-state index in [-0.39, 0.29) is 41.8 Å². The number of nitrogens with zero attached hydrogens (tertiary/aromatic N) is 4. The van der Waals surface area contributed by atoms with Crippen LogP contribution in [0.1, 0.15) is 64.3 Å². The molecule has 6 aromatic rings. The fraction of sp³-hybridized carbons (Fsp3) is 0.426. The fourth-order valence-corrected chi connectivity index (χ4v) is 12.9. The van der Waals surface area contributed by atoms with Gasteiger partial charge in [0.25, 0.3) is 0 Å². The Morgan fingerprint density at radius 3 is 2.47 bits per heavy atom. The Labute approximate surface area is 367 Å². The Kier molecular flexibility index (Phi) is 12.4. The maximum Gasteiger partial charge on any atom is 0.407 e. The number of aromatic nitrogens is 4. The largest absolute Gasteiger partial charge is 0.453 e. The SMILES string of the molecule is COC(=O)N[C@H](C(=O)N1C[Si](C)(C)C[C@H]1c1ncc(-c2ccc(-c3ccc4c(ccc5[nH]c([C@@H]6CCCN6C[C@@H](NC(=O)CO)C(C)C)nc54)c3)cc2-c2cccs2)[nH]1)C(C)C. The van der Waals surface area contributed by atoms with Crippen molar-refractivity contribution in [2.45, 2.75) is 83.8 Å². The van der Waals surface area contributed by atoms with Gasteiger partial charge in [-0.2, -0.15) is 0 Å². The zero-order valence-electron chi connectivity index (χ0n) is 36.6. The first kappa shape index (κ1) is 43.3. The second-order valence-electron chi connectivity index (χ2n) is 18.4. The third kappa shape index (κ3) is 8.81. The average Bonchev–Trinajstić information content (AvgIpc) is 4.11. The number of ether oxygens (including phenoxy) is 1. The Morgan fingerprint density at radius 2 is 1.74 bits per heavy atom. The molecule has 3 amide bonds. The highest BCUT2D eigenvalue weighted by Crippen LogP contribution is 2.42. The summed E-state index contributed by atoms with van der Waals surface area (Å²) in [5, 5.41) is 19.4. The van der Waals surface area contributed by atoms with Crippen molar-refractivity contribution in [1.29, 1.82) is 0 Å². The van der Waals surface area contributed by atoms with E-state index in [0.717, 1.165) is 91.7 Å². The topological polar surface area (TPSA) is 169 Å². The molecule has 3 aromatic carbocycles. The van der Waals surface area contributed by atoms with Gasteiger partial charge in [-0.25, -0.2) is 14.8 Å². The number of methoxy groups -OCH3 is 1. The normalized spacial score (nSPS) is 18.8. The number of carbonyl (C=O) groups is 3. The number of hydrogen-bond acceptors (Lipinski definition) is 9. The number of rotatable bonds is 13. The summed E-state index contributed by atoms with van der Waals surface area (Å²) in [5.41, 5.74) is 7.13. The minimum atomic E-state index is -1.79. The van der Waals surface area contributed by atoms with E-state index in [9.17, 15) is 19.5 Å². The number of H-pyrrole nitrogens is 2. The molecule has 62 heavy (non-hydrogen) atoms. The fourth-order valence-electron chi connectivity index (χ4n) is 9.30. The maximum absolute atomic E-state index is 14.1. The van der Waals surface area contributed by atoms with Crippen molar-refractivity contribution in [2.24, 2.45) is 11.8 Å². The second-order valence-corrected chi connectivity index (χ2v) is 24.4. The molecule has 4 atom stereocenters. The number of alkyl carbamates (subject to hydrolysis) is 1. The van der Waals surface area contributed by atoms with Crippen molar-refractivity contribution in [2.75, 3.05) is 33.0 Å². The monoisotopic (exact) mass is 874 g/mol. The van der Waals surface area contributed by atoms with Crippen LogP contribution in [0.2, 0.25) is 19.1 Å². The molecule has 15 heteroatoms. The Hall–Kier alpha value is -5.35. The summed E-state index contributed by atoms with van der Waals surface area (Å²) in [5.74, 6) is 1.34. The molecule has 0 aliphatic carbocycles. The molecule has 2 saturated heterocycles. The van der Waals surface area contributed by atoms with Gasteiger partial charge in [-0.1, -0.05) is 77.2 Å². The first-order valence-electron chi connectivity index (χ1n) is 21.7. The smallest absolute Gasteiger partial charge is 0.407 e. The van der Waals surface area contributed by atoms with Gasteiger partial charge in [0.15, 0.2) is 0 Å². The number of amides is 3. The number of aliphatic hydroxyl groups is 1. The number of benzene rings is 3. The highest BCUT2D eigenvalue weighted by Gasteiger charge is 2.46. The summed E-state index contributed by atoms with van der Waals surface area (Å²) >= 11 is 1.69. The van der Waals surface area contributed by atoms with Crippen molar-refractivity contribution in [3.63, 3.8) is 0 Å². The van der Waals surface area contributed by atoms with Crippen LogP contribution in [-0.4, -0.2) is 106 Å². The van der Waals surface area contributed by atoms with Crippen LogP contribution >= 0.6 is 11.3 Å². The molecule has 5 N–H and O–H groups in total. The zero-order chi connectivity index (χ0) is 43.9. The van der Waals surface area contributed by atoms with E-state index in [1.165, 1.54) is 7.11 Å². The van der Waals surface area contributed by atoms with Crippen LogP contribution in [0, 0.1) is 11.8 Å². The number of aromatic amines is 2. The molecule has 2 aliphatic rings. The molecule has 3 aromatic heterocycles.